The van der Waals surface area contributed by atoms with E-state index in [2.05, 4.69) is 22.3 Å². The smallest absolute Gasteiger partial charge is 0.138 e. The Kier molecular flexibility index (Phi) is 3.89. The minimum absolute atomic E-state index is 0.686. The molecule has 0 bridgehead atoms. The molecule has 0 spiro atoms. The normalized spacial score (nSPS) is 23.4. The Morgan fingerprint density at radius 3 is 2.84 bits per heavy atom. The molecule has 1 aromatic rings. The SMILES string of the molecule is CCc1noc(C)c1CN(C[C@@H]1CCCN1)C1CC1. The topological polar surface area (TPSA) is 41.3 Å². The van der Waals surface area contributed by atoms with Crippen LogP contribution in [0.25, 0.3) is 0 Å². The fourth-order valence-electron chi connectivity index (χ4n) is 3.10. The highest BCUT2D eigenvalue weighted by atomic mass is 16.5. The summed E-state index contributed by atoms with van der Waals surface area (Å²) in [5, 5.41) is 7.79. The third kappa shape index (κ3) is 3.00. The number of aromatic nitrogens is 1. The van der Waals surface area contributed by atoms with Crippen LogP contribution < -0.4 is 5.32 Å². The highest BCUT2D eigenvalue weighted by molar-refractivity contribution is 5.22. The van der Waals surface area contributed by atoms with Crippen molar-refractivity contribution in [1.82, 2.24) is 15.4 Å². The number of hydrogen-bond donors (Lipinski definition) is 1. The quantitative estimate of drug-likeness (QED) is 0.855. The summed E-state index contributed by atoms with van der Waals surface area (Å²) in [6.45, 7) is 7.58. The summed E-state index contributed by atoms with van der Waals surface area (Å²) in [6.07, 6.45) is 6.34. The van der Waals surface area contributed by atoms with Crippen molar-refractivity contribution < 1.29 is 4.52 Å². The molecule has 0 amide bonds. The van der Waals surface area contributed by atoms with E-state index in [0.29, 0.717) is 6.04 Å². The first-order chi connectivity index (χ1) is 9.28. The van der Waals surface area contributed by atoms with Gasteiger partial charge in [0.05, 0.1) is 5.69 Å². The largest absolute Gasteiger partial charge is 0.361 e. The van der Waals surface area contributed by atoms with Gasteiger partial charge in [0, 0.05) is 30.7 Å². The molecule has 1 aliphatic heterocycles. The second-order valence-electron chi connectivity index (χ2n) is 5.97. The lowest BCUT2D eigenvalue weighted by molar-refractivity contribution is 0.229. The number of hydrogen-bond acceptors (Lipinski definition) is 4. The van der Waals surface area contributed by atoms with E-state index in [1.54, 1.807) is 0 Å². The molecular weight excluding hydrogens is 238 g/mol. The molecular formula is C15H25N3O. The zero-order valence-corrected chi connectivity index (χ0v) is 12.1. The van der Waals surface area contributed by atoms with Gasteiger partial charge in [-0.1, -0.05) is 12.1 Å². The lowest BCUT2D eigenvalue weighted by Gasteiger charge is -2.25. The predicted molar refractivity (Wildman–Crippen MR) is 75.1 cm³/mol. The lowest BCUT2D eigenvalue weighted by atomic mass is 10.1. The lowest BCUT2D eigenvalue weighted by Crippen LogP contribution is -2.38. The van der Waals surface area contributed by atoms with E-state index in [-0.39, 0.29) is 0 Å². The molecule has 1 aliphatic carbocycles. The number of nitrogens with one attached hydrogen (secondary N) is 1. The van der Waals surface area contributed by atoms with Gasteiger partial charge in [-0.3, -0.25) is 4.90 Å². The number of rotatable bonds is 6. The van der Waals surface area contributed by atoms with Crippen LogP contribution in [0.2, 0.25) is 0 Å². The molecule has 3 rings (SSSR count). The average molecular weight is 263 g/mol. The summed E-state index contributed by atoms with van der Waals surface area (Å²) in [5.41, 5.74) is 2.47. The minimum Gasteiger partial charge on any atom is -0.361 e. The molecule has 106 valence electrons. The molecule has 0 unspecified atom stereocenters. The summed E-state index contributed by atoms with van der Waals surface area (Å²) < 4.78 is 5.37. The molecule has 0 aromatic carbocycles. The molecule has 4 heteroatoms. The van der Waals surface area contributed by atoms with Crippen LogP contribution in [0.4, 0.5) is 0 Å². The van der Waals surface area contributed by atoms with Crippen LogP contribution in [0.5, 0.6) is 0 Å². The van der Waals surface area contributed by atoms with Crippen molar-refractivity contribution in [2.75, 3.05) is 13.1 Å². The van der Waals surface area contributed by atoms with Crippen LogP contribution >= 0.6 is 0 Å². The fraction of sp³-hybridized carbons (Fsp3) is 0.800. The second kappa shape index (κ2) is 5.63. The van der Waals surface area contributed by atoms with E-state index >= 15 is 0 Å². The van der Waals surface area contributed by atoms with Gasteiger partial charge in [0.1, 0.15) is 5.76 Å². The molecule has 1 saturated carbocycles. The van der Waals surface area contributed by atoms with Gasteiger partial charge in [-0.05, 0) is 45.6 Å². The van der Waals surface area contributed by atoms with Crippen LogP contribution in [0.3, 0.4) is 0 Å². The van der Waals surface area contributed by atoms with Crippen molar-refractivity contribution in [1.29, 1.82) is 0 Å². The van der Waals surface area contributed by atoms with Crippen molar-refractivity contribution in [3.8, 4) is 0 Å². The van der Waals surface area contributed by atoms with Crippen LogP contribution in [0.1, 0.15) is 49.6 Å². The van der Waals surface area contributed by atoms with Crippen LogP contribution in [0.15, 0.2) is 4.52 Å². The third-order valence-corrected chi connectivity index (χ3v) is 4.44. The summed E-state index contributed by atoms with van der Waals surface area (Å²) in [4.78, 5) is 2.64. The van der Waals surface area contributed by atoms with Gasteiger partial charge < -0.3 is 9.84 Å². The van der Waals surface area contributed by atoms with Crippen molar-refractivity contribution in [3.05, 3.63) is 17.0 Å². The first-order valence-corrected chi connectivity index (χ1v) is 7.69. The molecule has 19 heavy (non-hydrogen) atoms. The van der Waals surface area contributed by atoms with Gasteiger partial charge >= 0.3 is 0 Å². The van der Waals surface area contributed by atoms with Gasteiger partial charge in [0.15, 0.2) is 0 Å². The van der Waals surface area contributed by atoms with Crippen LogP contribution in [0, 0.1) is 6.92 Å². The second-order valence-corrected chi connectivity index (χ2v) is 5.97. The van der Waals surface area contributed by atoms with Gasteiger partial charge in [-0.2, -0.15) is 0 Å². The van der Waals surface area contributed by atoms with E-state index in [1.807, 2.05) is 6.92 Å². The highest BCUT2D eigenvalue weighted by Gasteiger charge is 2.32. The van der Waals surface area contributed by atoms with Gasteiger partial charge in [0.25, 0.3) is 0 Å². The molecule has 1 saturated heterocycles. The molecule has 2 aliphatic rings. The molecule has 4 nitrogen and oxygen atoms in total. The maximum absolute atomic E-state index is 5.37. The third-order valence-electron chi connectivity index (χ3n) is 4.44. The zero-order chi connectivity index (χ0) is 13.2. The Morgan fingerprint density at radius 2 is 2.21 bits per heavy atom. The van der Waals surface area contributed by atoms with Gasteiger partial charge in [-0.25, -0.2) is 0 Å². The first-order valence-electron chi connectivity index (χ1n) is 7.69. The fourth-order valence-corrected chi connectivity index (χ4v) is 3.10. The van der Waals surface area contributed by atoms with Crippen LogP contribution in [-0.4, -0.2) is 35.2 Å². The molecule has 1 aromatic heterocycles. The van der Waals surface area contributed by atoms with Gasteiger partial charge in [-0.15, -0.1) is 0 Å². The van der Waals surface area contributed by atoms with Crippen molar-refractivity contribution in [2.45, 2.75) is 64.6 Å². The van der Waals surface area contributed by atoms with Crippen molar-refractivity contribution >= 4 is 0 Å². The molecule has 1 atom stereocenters. The van der Waals surface area contributed by atoms with E-state index < -0.39 is 0 Å². The average Bonchev–Trinajstić information content (AvgIpc) is 3.03. The Bertz CT molecular complexity index is 419. The summed E-state index contributed by atoms with van der Waals surface area (Å²) in [7, 11) is 0. The molecule has 2 fully saturated rings. The monoisotopic (exact) mass is 263 g/mol. The summed E-state index contributed by atoms with van der Waals surface area (Å²) >= 11 is 0. The zero-order valence-electron chi connectivity index (χ0n) is 12.1. The van der Waals surface area contributed by atoms with Gasteiger partial charge in [0.2, 0.25) is 0 Å². The molecule has 1 N–H and O–H groups in total. The standard InChI is InChI=1S/C15H25N3O/c1-3-15-14(11(2)19-17-15)10-18(13-6-7-13)9-12-5-4-8-16-12/h12-13,16H,3-10H2,1-2H3/t12-/m0/s1. The number of nitrogens with zero attached hydrogens (tertiary/aromatic N) is 2. The first kappa shape index (κ1) is 13.1. The Hall–Kier alpha value is -0.870. The van der Waals surface area contributed by atoms with E-state index in [4.69, 9.17) is 4.52 Å². The molecule has 0 radical (unpaired) electrons. The molecule has 2 heterocycles. The van der Waals surface area contributed by atoms with Crippen molar-refractivity contribution in [2.24, 2.45) is 0 Å². The van der Waals surface area contributed by atoms with E-state index in [1.165, 1.54) is 44.3 Å². The maximum Gasteiger partial charge on any atom is 0.138 e. The summed E-state index contributed by atoms with van der Waals surface area (Å²) in [6, 6.07) is 1.48. The summed E-state index contributed by atoms with van der Waals surface area (Å²) in [5.74, 6) is 1.00. The highest BCUT2D eigenvalue weighted by Crippen LogP contribution is 2.30. The van der Waals surface area contributed by atoms with Crippen molar-refractivity contribution in [3.63, 3.8) is 0 Å². The van der Waals surface area contributed by atoms with E-state index in [9.17, 15) is 0 Å². The van der Waals surface area contributed by atoms with E-state index in [0.717, 1.165) is 30.5 Å². The minimum atomic E-state index is 0.686. The Labute approximate surface area is 115 Å². The Morgan fingerprint density at radius 1 is 1.37 bits per heavy atom. The van der Waals surface area contributed by atoms with Crippen LogP contribution in [-0.2, 0) is 13.0 Å². The predicted octanol–water partition coefficient (Wildman–Crippen LogP) is 2.26. The maximum atomic E-state index is 5.37. The Balaban J connectivity index is 1.68. The number of aryl methyl sites for hydroxylation is 2.